The maximum absolute atomic E-state index is 12.5. The fourth-order valence-electron chi connectivity index (χ4n) is 3.56. The molecule has 0 atom stereocenters. The molecule has 29 heavy (non-hydrogen) atoms. The Bertz CT molecular complexity index is 1020. The predicted octanol–water partition coefficient (Wildman–Crippen LogP) is 1.53. The van der Waals surface area contributed by atoms with Crippen LogP contribution in [0.2, 0.25) is 0 Å². The van der Waals surface area contributed by atoms with Crippen LogP contribution in [0.3, 0.4) is 0 Å². The first kappa shape index (κ1) is 19.8. The van der Waals surface area contributed by atoms with Gasteiger partial charge in [-0.15, -0.1) is 11.3 Å². The van der Waals surface area contributed by atoms with E-state index >= 15 is 0 Å². The Morgan fingerprint density at radius 3 is 2.62 bits per heavy atom. The Hall–Kier alpha value is -2.55. The van der Waals surface area contributed by atoms with Gasteiger partial charge in [0.05, 0.1) is 12.2 Å². The molecular weight excluding hydrogens is 386 g/mol. The number of thiazole rings is 1. The van der Waals surface area contributed by atoms with Gasteiger partial charge in [0.2, 0.25) is 5.91 Å². The van der Waals surface area contributed by atoms with E-state index in [9.17, 15) is 9.59 Å². The summed E-state index contributed by atoms with van der Waals surface area (Å²) in [5.74, 6) is 0.139. The summed E-state index contributed by atoms with van der Waals surface area (Å²) in [6.45, 7) is 5.14. The second kappa shape index (κ2) is 8.86. The zero-order valence-electron chi connectivity index (χ0n) is 16.5. The SMILES string of the molecule is CN(Cc1ccccc1)C(=O)CN1CCN(Cc2cc(=O)n3ccsc3n2)CC1. The van der Waals surface area contributed by atoms with Gasteiger partial charge in [0.25, 0.3) is 5.56 Å². The average Bonchev–Trinajstić information content (AvgIpc) is 3.19. The highest BCUT2D eigenvalue weighted by molar-refractivity contribution is 7.15. The van der Waals surface area contributed by atoms with Crippen LogP contribution < -0.4 is 5.56 Å². The minimum absolute atomic E-state index is 0.0306. The zero-order valence-corrected chi connectivity index (χ0v) is 17.3. The molecule has 152 valence electrons. The molecule has 1 amide bonds. The van der Waals surface area contributed by atoms with E-state index in [-0.39, 0.29) is 11.5 Å². The van der Waals surface area contributed by atoms with Gasteiger partial charge in [-0.2, -0.15) is 0 Å². The molecular formula is C21H25N5O2S. The Morgan fingerprint density at radius 1 is 1.14 bits per heavy atom. The zero-order chi connectivity index (χ0) is 20.2. The Kier molecular flexibility index (Phi) is 6.03. The van der Waals surface area contributed by atoms with Crippen molar-refractivity contribution < 1.29 is 4.79 Å². The third kappa shape index (κ3) is 4.90. The molecule has 0 saturated carbocycles. The minimum atomic E-state index is -0.0306. The van der Waals surface area contributed by atoms with Crippen molar-refractivity contribution in [1.29, 1.82) is 0 Å². The number of piperazine rings is 1. The first-order valence-electron chi connectivity index (χ1n) is 9.77. The van der Waals surface area contributed by atoms with Crippen molar-refractivity contribution >= 4 is 22.2 Å². The molecule has 0 unspecified atom stereocenters. The minimum Gasteiger partial charge on any atom is -0.340 e. The standard InChI is InChI=1S/C21H25N5O2S/c1-23(14-17-5-3-2-4-6-17)20(28)16-25-9-7-24(8-10-25)15-18-13-19(27)26-11-12-29-21(26)22-18/h2-6,11-13H,7-10,14-16H2,1H3. The molecule has 4 rings (SSSR count). The third-order valence-corrected chi connectivity index (χ3v) is 6.01. The third-order valence-electron chi connectivity index (χ3n) is 5.25. The fraction of sp³-hybridized carbons (Fsp3) is 0.381. The highest BCUT2D eigenvalue weighted by atomic mass is 32.1. The number of fused-ring (bicyclic) bond motifs is 1. The van der Waals surface area contributed by atoms with E-state index in [4.69, 9.17) is 0 Å². The normalized spacial score (nSPS) is 15.6. The highest BCUT2D eigenvalue weighted by Gasteiger charge is 2.21. The largest absolute Gasteiger partial charge is 0.340 e. The first-order valence-corrected chi connectivity index (χ1v) is 10.6. The number of hydrogen-bond acceptors (Lipinski definition) is 6. The quantitative estimate of drug-likeness (QED) is 0.616. The van der Waals surface area contributed by atoms with E-state index in [1.54, 1.807) is 21.6 Å². The molecule has 1 aliphatic rings. The van der Waals surface area contributed by atoms with Crippen LogP contribution in [0.15, 0.2) is 52.8 Å². The second-order valence-electron chi connectivity index (χ2n) is 7.43. The van der Waals surface area contributed by atoms with Gasteiger partial charge < -0.3 is 4.90 Å². The summed E-state index contributed by atoms with van der Waals surface area (Å²) >= 11 is 1.47. The second-order valence-corrected chi connectivity index (χ2v) is 8.30. The number of benzene rings is 1. The van der Waals surface area contributed by atoms with Crippen LogP contribution >= 0.6 is 11.3 Å². The molecule has 1 saturated heterocycles. The van der Waals surface area contributed by atoms with Crippen molar-refractivity contribution in [2.45, 2.75) is 13.1 Å². The fourth-order valence-corrected chi connectivity index (χ4v) is 4.30. The van der Waals surface area contributed by atoms with Gasteiger partial charge in [0.15, 0.2) is 4.96 Å². The summed E-state index contributed by atoms with van der Waals surface area (Å²) in [4.78, 5) is 36.3. The van der Waals surface area contributed by atoms with Crippen LogP contribution in [0.4, 0.5) is 0 Å². The van der Waals surface area contributed by atoms with E-state index < -0.39 is 0 Å². The van der Waals surface area contributed by atoms with Crippen LogP contribution in [-0.4, -0.2) is 69.8 Å². The number of rotatable bonds is 6. The summed E-state index contributed by atoms with van der Waals surface area (Å²) in [6.07, 6.45) is 1.75. The van der Waals surface area contributed by atoms with Crippen LogP contribution in [-0.2, 0) is 17.9 Å². The molecule has 0 radical (unpaired) electrons. The molecule has 8 heteroatoms. The number of carbonyl (C=O) groups excluding carboxylic acids is 1. The lowest BCUT2D eigenvalue weighted by Gasteiger charge is -2.34. The smallest absolute Gasteiger partial charge is 0.258 e. The number of likely N-dealkylation sites (N-methyl/N-ethyl adjacent to an activating group) is 1. The number of carbonyl (C=O) groups is 1. The number of aromatic nitrogens is 2. The molecule has 2 aromatic heterocycles. The molecule has 0 spiro atoms. The Morgan fingerprint density at radius 2 is 1.86 bits per heavy atom. The van der Waals surface area contributed by atoms with Crippen molar-refractivity contribution in [2.24, 2.45) is 0 Å². The molecule has 7 nitrogen and oxygen atoms in total. The van der Waals surface area contributed by atoms with Crippen molar-refractivity contribution in [3.63, 3.8) is 0 Å². The van der Waals surface area contributed by atoms with Crippen LogP contribution in [0.25, 0.3) is 4.96 Å². The average molecular weight is 412 g/mol. The summed E-state index contributed by atoms with van der Waals surface area (Å²) in [6, 6.07) is 11.7. The van der Waals surface area contributed by atoms with E-state index in [2.05, 4.69) is 14.8 Å². The summed E-state index contributed by atoms with van der Waals surface area (Å²) in [5, 5.41) is 1.87. The van der Waals surface area contributed by atoms with Crippen molar-refractivity contribution in [3.8, 4) is 0 Å². The summed E-state index contributed by atoms with van der Waals surface area (Å²) in [5.41, 5.74) is 1.92. The topological polar surface area (TPSA) is 61.2 Å². The Balaban J connectivity index is 1.26. The molecule has 1 aliphatic heterocycles. The Labute approximate surface area is 173 Å². The van der Waals surface area contributed by atoms with Gasteiger partial charge in [0, 0.05) is 64.0 Å². The van der Waals surface area contributed by atoms with Gasteiger partial charge in [-0.25, -0.2) is 4.98 Å². The summed E-state index contributed by atoms with van der Waals surface area (Å²) in [7, 11) is 1.86. The number of nitrogens with zero attached hydrogens (tertiary/aromatic N) is 5. The lowest BCUT2D eigenvalue weighted by atomic mass is 10.2. The van der Waals surface area contributed by atoms with E-state index in [0.717, 1.165) is 42.4 Å². The van der Waals surface area contributed by atoms with Crippen molar-refractivity contribution in [3.05, 3.63) is 69.6 Å². The molecule has 0 aliphatic carbocycles. The molecule has 0 bridgehead atoms. The molecule has 0 N–H and O–H groups in total. The highest BCUT2D eigenvalue weighted by Crippen LogP contribution is 2.11. The van der Waals surface area contributed by atoms with Gasteiger partial charge in [0.1, 0.15) is 0 Å². The van der Waals surface area contributed by atoms with Gasteiger partial charge in [-0.05, 0) is 5.56 Å². The molecule has 1 fully saturated rings. The number of amides is 1. The van der Waals surface area contributed by atoms with E-state index in [1.807, 2.05) is 42.8 Å². The number of hydrogen-bond donors (Lipinski definition) is 0. The van der Waals surface area contributed by atoms with Crippen LogP contribution in [0, 0.1) is 0 Å². The van der Waals surface area contributed by atoms with Crippen molar-refractivity contribution in [2.75, 3.05) is 39.8 Å². The monoisotopic (exact) mass is 411 g/mol. The van der Waals surface area contributed by atoms with Gasteiger partial charge in [-0.1, -0.05) is 30.3 Å². The molecule has 3 heterocycles. The lowest BCUT2D eigenvalue weighted by molar-refractivity contribution is -0.132. The maximum Gasteiger partial charge on any atom is 0.258 e. The van der Waals surface area contributed by atoms with Crippen molar-refractivity contribution in [1.82, 2.24) is 24.1 Å². The summed E-state index contributed by atoms with van der Waals surface area (Å²) < 4.78 is 1.57. The van der Waals surface area contributed by atoms with E-state index in [1.165, 1.54) is 11.3 Å². The van der Waals surface area contributed by atoms with Crippen LogP contribution in [0.5, 0.6) is 0 Å². The molecule has 3 aromatic rings. The lowest BCUT2D eigenvalue weighted by Crippen LogP contribution is -2.49. The van der Waals surface area contributed by atoms with Crippen LogP contribution in [0.1, 0.15) is 11.3 Å². The predicted molar refractivity (Wildman–Crippen MR) is 114 cm³/mol. The first-order chi connectivity index (χ1) is 14.1. The van der Waals surface area contributed by atoms with Gasteiger partial charge in [-0.3, -0.25) is 23.8 Å². The maximum atomic E-state index is 12.5. The molecule has 1 aromatic carbocycles. The van der Waals surface area contributed by atoms with Gasteiger partial charge >= 0.3 is 0 Å². The van der Waals surface area contributed by atoms with E-state index in [0.29, 0.717) is 19.6 Å².